The summed E-state index contributed by atoms with van der Waals surface area (Å²) in [5.41, 5.74) is 7.09. The van der Waals surface area contributed by atoms with Crippen molar-refractivity contribution < 1.29 is 18.7 Å². The molecular weight excluding hydrogens is 698 g/mol. The molecule has 7 rings (SSSR count). The maximum absolute atomic E-state index is 15.1. The van der Waals surface area contributed by atoms with E-state index in [9.17, 15) is 9.59 Å². The zero-order valence-electron chi connectivity index (χ0n) is 31.8. The highest BCUT2D eigenvalue weighted by atomic mass is 19.1. The fourth-order valence-electron chi connectivity index (χ4n) is 7.49. The summed E-state index contributed by atoms with van der Waals surface area (Å²) in [6, 6.07) is 16.6. The van der Waals surface area contributed by atoms with E-state index in [1.165, 1.54) is 18.3 Å². The average molecular weight is 748 g/mol. The summed E-state index contributed by atoms with van der Waals surface area (Å²) < 4.78 is 22.6. The Balaban J connectivity index is 1.02. The maximum atomic E-state index is 15.1. The summed E-state index contributed by atoms with van der Waals surface area (Å²) in [4.78, 5) is 38.5. The van der Waals surface area contributed by atoms with Crippen LogP contribution in [0, 0.1) is 5.82 Å². The number of carbonyl (C=O) groups is 2. The van der Waals surface area contributed by atoms with Gasteiger partial charge in [-0.1, -0.05) is 31.2 Å². The number of pyridine rings is 2. The predicted octanol–water partition coefficient (Wildman–Crippen LogP) is 5.46. The van der Waals surface area contributed by atoms with E-state index < -0.39 is 5.91 Å². The van der Waals surface area contributed by atoms with E-state index in [0.29, 0.717) is 43.3 Å². The van der Waals surface area contributed by atoms with Crippen molar-refractivity contribution in [1.82, 2.24) is 40.6 Å². The lowest BCUT2D eigenvalue weighted by molar-refractivity contribution is 0.0904. The molecule has 0 radical (unpaired) electrons. The van der Waals surface area contributed by atoms with Gasteiger partial charge in [0.2, 0.25) is 0 Å². The first kappa shape index (κ1) is 38.1. The largest absolute Gasteiger partial charge is 0.381 e. The fraction of sp³-hybridized carbons (Fsp3) is 0.405. The smallest absolute Gasteiger partial charge is 0.270 e. The average Bonchev–Trinajstić information content (AvgIpc) is 3.63. The molecular formula is C42H50FN9O3. The van der Waals surface area contributed by atoms with Crippen LogP contribution in [0.25, 0.3) is 22.2 Å². The van der Waals surface area contributed by atoms with Gasteiger partial charge in [0.1, 0.15) is 11.5 Å². The van der Waals surface area contributed by atoms with E-state index in [1.54, 1.807) is 18.2 Å². The minimum absolute atomic E-state index is 0.122. The van der Waals surface area contributed by atoms with Crippen molar-refractivity contribution in [3.8, 4) is 11.1 Å². The van der Waals surface area contributed by atoms with Crippen molar-refractivity contribution in [1.29, 1.82) is 0 Å². The van der Waals surface area contributed by atoms with Crippen LogP contribution in [0.5, 0.6) is 0 Å². The Bertz CT molecular complexity index is 2150. The molecule has 0 bridgehead atoms. The van der Waals surface area contributed by atoms with Crippen molar-refractivity contribution >= 4 is 28.5 Å². The summed E-state index contributed by atoms with van der Waals surface area (Å²) in [6.07, 6.45) is 5.72. The molecule has 1 unspecified atom stereocenters. The maximum Gasteiger partial charge on any atom is 0.270 e. The molecule has 5 heterocycles. The Morgan fingerprint density at radius 1 is 1.00 bits per heavy atom. The number of hydrogen-bond donors (Lipinski definition) is 4. The number of carbonyl (C=O) groups excluding carboxylic acids is 2. The number of aryl methyl sites for hydroxylation is 2. The number of ether oxygens (including phenoxy) is 1. The number of halogens is 1. The first-order chi connectivity index (χ1) is 26.8. The Morgan fingerprint density at radius 3 is 2.64 bits per heavy atom. The molecule has 2 aliphatic rings. The van der Waals surface area contributed by atoms with Crippen LogP contribution in [0.4, 0.5) is 10.1 Å². The topological polar surface area (TPSA) is 138 Å². The fourth-order valence-corrected chi connectivity index (χ4v) is 7.49. The lowest BCUT2D eigenvalue weighted by Crippen LogP contribution is -2.48. The Labute approximate surface area is 321 Å². The summed E-state index contributed by atoms with van der Waals surface area (Å²) in [6.45, 7) is 12.4. The van der Waals surface area contributed by atoms with Crippen molar-refractivity contribution in [2.75, 3.05) is 38.2 Å². The number of aromatic nitrogens is 4. The zero-order valence-corrected chi connectivity index (χ0v) is 31.8. The van der Waals surface area contributed by atoms with Crippen LogP contribution < -0.4 is 21.3 Å². The number of hydrogen-bond acceptors (Lipinski definition) is 9. The van der Waals surface area contributed by atoms with E-state index in [0.717, 1.165) is 83.7 Å². The monoisotopic (exact) mass is 747 g/mol. The molecule has 1 atom stereocenters. The number of piperazine rings is 1. The Morgan fingerprint density at radius 2 is 1.84 bits per heavy atom. The van der Waals surface area contributed by atoms with Crippen LogP contribution in [0.2, 0.25) is 0 Å². The van der Waals surface area contributed by atoms with E-state index in [-0.39, 0.29) is 36.5 Å². The molecule has 288 valence electrons. The van der Waals surface area contributed by atoms with Crippen LogP contribution in [-0.4, -0.2) is 81.4 Å². The van der Waals surface area contributed by atoms with Crippen LogP contribution in [0.15, 0.2) is 67.0 Å². The van der Waals surface area contributed by atoms with Crippen molar-refractivity contribution in [3.63, 3.8) is 0 Å². The zero-order chi connectivity index (χ0) is 38.3. The molecule has 0 saturated carbocycles. The third kappa shape index (κ3) is 9.01. The van der Waals surface area contributed by atoms with Gasteiger partial charge in [-0.15, -0.1) is 0 Å². The highest BCUT2D eigenvalue weighted by Gasteiger charge is 2.23. The van der Waals surface area contributed by atoms with E-state index in [1.807, 2.05) is 42.9 Å². The quantitative estimate of drug-likeness (QED) is 0.124. The van der Waals surface area contributed by atoms with Crippen molar-refractivity contribution in [2.45, 2.75) is 78.3 Å². The second kappa shape index (κ2) is 17.5. The molecule has 55 heavy (non-hydrogen) atoms. The Hall–Kier alpha value is -5.24. The number of fused-ring (bicyclic) bond motifs is 1. The van der Waals surface area contributed by atoms with Gasteiger partial charge in [0.25, 0.3) is 11.8 Å². The first-order valence-electron chi connectivity index (χ1n) is 19.4. The van der Waals surface area contributed by atoms with Crippen LogP contribution >= 0.6 is 0 Å². The molecule has 2 aromatic carbocycles. The second-order valence-electron chi connectivity index (χ2n) is 14.4. The number of benzene rings is 2. The van der Waals surface area contributed by atoms with Gasteiger partial charge in [0.15, 0.2) is 5.65 Å². The standard InChI is InChI=1S/C42H50FN9O3/c1-4-37-34(39(49-32-12-17-55-18-13-32)35-24-48-52(5-2)40(35)50-37)23-47-42(54)38-21-31(11-14-45-38)41(53)46-22-28-9-10-36(43)33(20-28)30-8-6-7-29(19-30)26-51-16-15-44-27(3)25-51/h6-11,14,19-21,24,27,32,44H,4-5,12-13,15-18,22-23,25-26H2,1-3H3,(H,46,53)(H,47,54)(H,49,50). The normalized spacial score (nSPS) is 16.6. The molecule has 2 fully saturated rings. The lowest BCUT2D eigenvalue weighted by Gasteiger charge is -2.31. The molecule has 2 aliphatic heterocycles. The molecule has 0 spiro atoms. The summed E-state index contributed by atoms with van der Waals surface area (Å²) >= 11 is 0. The minimum atomic E-state index is -0.407. The van der Waals surface area contributed by atoms with Crippen molar-refractivity contribution in [3.05, 3.63) is 106 Å². The van der Waals surface area contributed by atoms with Crippen LogP contribution in [0.3, 0.4) is 0 Å². The van der Waals surface area contributed by atoms with Crippen LogP contribution in [-0.2, 0) is 37.3 Å². The minimum Gasteiger partial charge on any atom is -0.381 e. The second-order valence-corrected chi connectivity index (χ2v) is 14.4. The number of rotatable bonds is 13. The molecule has 0 aliphatic carbocycles. The number of anilines is 1. The molecule has 5 aromatic rings. The molecule has 4 N–H and O–H groups in total. The van der Waals surface area contributed by atoms with E-state index in [2.05, 4.69) is 49.2 Å². The van der Waals surface area contributed by atoms with Gasteiger partial charge in [0, 0.05) is 99.7 Å². The van der Waals surface area contributed by atoms with Gasteiger partial charge in [-0.25, -0.2) is 14.1 Å². The van der Waals surface area contributed by atoms with Crippen LogP contribution in [0.1, 0.15) is 76.8 Å². The van der Waals surface area contributed by atoms with Gasteiger partial charge in [-0.05, 0) is 80.1 Å². The SMILES string of the molecule is CCc1nc2c(cnn2CC)c(NC2CCOCC2)c1CNC(=O)c1cc(C(=O)NCc2ccc(F)c(-c3cccc(CN4CCNC(C)C4)c3)c2)ccn1. The number of amides is 2. The molecule has 13 heteroatoms. The third-order valence-corrected chi connectivity index (χ3v) is 10.4. The molecule has 3 aromatic heterocycles. The Kier molecular flexibility index (Phi) is 12.1. The molecule has 2 saturated heterocycles. The van der Waals surface area contributed by atoms with Gasteiger partial charge in [0.05, 0.1) is 17.3 Å². The molecule has 12 nitrogen and oxygen atoms in total. The van der Waals surface area contributed by atoms with Crippen molar-refractivity contribution in [2.24, 2.45) is 0 Å². The lowest BCUT2D eigenvalue weighted by atomic mass is 10.00. The predicted molar refractivity (Wildman–Crippen MR) is 211 cm³/mol. The van der Waals surface area contributed by atoms with Gasteiger partial charge in [-0.3, -0.25) is 19.5 Å². The van der Waals surface area contributed by atoms with Gasteiger partial charge in [-0.2, -0.15) is 5.10 Å². The summed E-state index contributed by atoms with van der Waals surface area (Å²) in [7, 11) is 0. The number of nitrogens with zero attached hydrogens (tertiary/aromatic N) is 5. The van der Waals surface area contributed by atoms with Gasteiger partial charge < -0.3 is 26.0 Å². The first-order valence-corrected chi connectivity index (χ1v) is 19.4. The summed E-state index contributed by atoms with van der Waals surface area (Å²) in [5.74, 6) is -1.10. The van der Waals surface area contributed by atoms with E-state index >= 15 is 4.39 Å². The third-order valence-electron chi connectivity index (χ3n) is 10.4. The number of nitrogens with one attached hydrogen (secondary N) is 4. The van der Waals surface area contributed by atoms with Gasteiger partial charge >= 0.3 is 0 Å². The highest BCUT2D eigenvalue weighted by Crippen LogP contribution is 2.31. The highest BCUT2D eigenvalue weighted by molar-refractivity contribution is 5.98. The molecule has 2 amide bonds. The summed E-state index contributed by atoms with van der Waals surface area (Å²) in [5, 5.41) is 18.6. The van der Waals surface area contributed by atoms with E-state index in [4.69, 9.17) is 9.72 Å².